The molecule has 1 fully saturated rings. The third kappa shape index (κ3) is 2.74. The molecule has 1 aromatic rings. The normalized spacial score (nSPS) is 24.1. The number of hydrogen-bond donors (Lipinski definition) is 0. The van der Waals surface area contributed by atoms with Crippen LogP contribution >= 0.6 is 15.9 Å². The first kappa shape index (κ1) is 13.9. The number of sulfone groups is 1. The third-order valence-electron chi connectivity index (χ3n) is 3.26. The van der Waals surface area contributed by atoms with Gasteiger partial charge in [-0.1, -0.05) is 15.9 Å². The quantitative estimate of drug-likeness (QED) is 0.776. The van der Waals surface area contributed by atoms with Crippen molar-refractivity contribution in [2.75, 3.05) is 11.5 Å². The van der Waals surface area contributed by atoms with Crippen molar-refractivity contribution in [2.45, 2.75) is 18.2 Å². The van der Waals surface area contributed by atoms with Gasteiger partial charge in [0.25, 0.3) is 0 Å². The van der Waals surface area contributed by atoms with Crippen molar-refractivity contribution in [2.24, 2.45) is 5.92 Å². The number of halogens is 3. The van der Waals surface area contributed by atoms with Gasteiger partial charge in [0.1, 0.15) is 11.6 Å². The number of aryl methyl sites for hydroxylation is 1. The molecule has 0 aromatic heterocycles. The second kappa shape index (κ2) is 4.89. The average Bonchev–Trinajstić information content (AvgIpc) is 2.63. The summed E-state index contributed by atoms with van der Waals surface area (Å²) >= 11 is 3.35. The molecule has 0 bridgehead atoms. The zero-order valence-corrected chi connectivity index (χ0v) is 12.2. The highest BCUT2D eigenvalue weighted by atomic mass is 79.9. The standard InChI is InChI=1S/C12H13BrF2O2S/c1-7-4-9(11(15)5-10(7)14)12(13)8-2-3-18(16,17)6-8/h4-5,8,12H,2-3,6H2,1H3. The minimum atomic E-state index is -3.01. The highest BCUT2D eigenvalue weighted by Gasteiger charge is 2.34. The van der Waals surface area contributed by atoms with E-state index in [9.17, 15) is 17.2 Å². The number of rotatable bonds is 2. The fourth-order valence-electron chi connectivity index (χ4n) is 2.20. The van der Waals surface area contributed by atoms with E-state index in [2.05, 4.69) is 15.9 Å². The Balaban J connectivity index is 2.30. The maximum absolute atomic E-state index is 13.7. The van der Waals surface area contributed by atoms with Gasteiger partial charge >= 0.3 is 0 Å². The van der Waals surface area contributed by atoms with Crippen LogP contribution in [0.25, 0.3) is 0 Å². The summed E-state index contributed by atoms with van der Waals surface area (Å²) in [5.41, 5.74) is 0.688. The molecule has 1 heterocycles. The van der Waals surface area contributed by atoms with Crippen molar-refractivity contribution in [1.82, 2.24) is 0 Å². The van der Waals surface area contributed by atoms with E-state index in [0.717, 1.165) is 6.07 Å². The Bertz CT molecular complexity index is 572. The monoisotopic (exact) mass is 338 g/mol. The number of benzene rings is 1. The molecule has 1 saturated heterocycles. The van der Waals surface area contributed by atoms with Gasteiger partial charge in [-0.15, -0.1) is 0 Å². The highest BCUT2D eigenvalue weighted by Crippen LogP contribution is 2.39. The molecule has 18 heavy (non-hydrogen) atoms. The van der Waals surface area contributed by atoms with Gasteiger partial charge in [0.05, 0.1) is 11.5 Å². The molecule has 1 aliphatic rings. The Morgan fingerprint density at radius 3 is 2.56 bits per heavy atom. The van der Waals surface area contributed by atoms with Gasteiger partial charge in [0, 0.05) is 16.5 Å². The van der Waals surface area contributed by atoms with E-state index >= 15 is 0 Å². The van der Waals surface area contributed by atoms with Gasteiger partial charge in [-0.3, -0.25) is 0 Å². The van der Waals surface area contributed by atoms with Crippen LogP contribution in [0.4, 0.5) is 8.78 Å². The largest absolute Gasteiger partial charge is 0.229 e. The first-order valence-corrected chi connectivity index (χ1v) is 8.34. The molecule has 100 valence electrons. The van der Waals surface area contributed by atoms with Gasteiger partial charge in [-0.05, 0) is 30.9 Å². The Hall–Kier alpha value is -0.490. The Morgan fingerprint density at radius 2 is 2.00 bits per heavy atom. The van der Waals surface area contributed by atoms with E-state index in [-0.39, 0.29) is 17.4 Å². The topological polar surface area (TPSA) is 34.1 Å². The molecule has 2 rings (SSSR count). The minimum absolute atomic E-state index is 0.0543. The predicted octanol–water partition coefficient (Wildman–Crippen LogP) is 3.14. The lowest BCUT2D eigenvalue weighted by Gasteiger charge is -2.17. The second-order valence-electron chi connectivity index (χ2n) is 4.69. The average molecular weight is 339 g/mol. The summed E-state index contributed by atoms with van der Waals surface area (Å²) in [5, 5.41) is 0. The lowest BCUT2D eigenvalue weighted by Crippen LogP contribution is -2.11. The molecule has 2 nitrogen and oxygen atoms in total. The summed E-state index contributed by atoms with van der Waals surface area (Å²) in [4.78, 5) is -0.394. The van der Waals surface area contributed by atoms with Gasteiger partial charge in [0.2, 0.25) is 0 Å². The molecule has 1 aliphatic heterocycles. The van der Waals surface area contributed by atoms with Gasteiger partial charge in [0.15, 0.2) is 9.84 Å². The van der Waals surface area contributed by atoms with Gasteiger partial charge < -0.3 is 0 Å². The Kier molecular flexibility index (Phi) is 3.78. The highest BCUT2D eigenvalue weighted by molar-refractivity contribution is 9.09. The maximum Gasteiger partial charge on any atom is 0.150 e. The summed E-state index contributed by atoms with van der Waals surface area (Å²) < 4.78 is 49.7. The lowest BCUT2D eigenvalue weighted by molar-refractivity contribution is 0.532. The molecule has 0 spiro atoms. The summed E-state index contributed by atoms with van der Waals surface area (Å²) in [5.74, 6) is -1.19. The summed E-state index contributed by atoms with van der Waals surface area (Å²) in [6, 6.07) is 2.29. The van der Waals surface area contributed by atoms with Crippen molar-refractivity contribution >= 4 is 25.8 Å². The molecule has 0 N–H and O–H groups in total. The maximum atomic E-state index is 13.7. The zero-order valence-electron chi connectivity index (χ0n) is 9.79. The SMILES string of the molecule is Cc1cc(C(Br)C2CCS(=O)(=O)C2)c(F)cc1F. The molecule has 2 unspecified atom stereocenters. The van der Waals surface area contributed by atoms with Crippen LogP contribution in [-0.4, -0.2) is 19.9 Å². The van der Waals surface area contributed by atoms with Crippen molar-refractivity contribution in [3.8, 4) is 0 Å². The van der Waals surface area contributed by atoms with E-state index in [1.807, 2.05) is 0 Å². The van der Waals surface area contributed by atoms with E-state index in [1.54, 1.807) is 6.92 Å². The van der Waals surface area contributed by atoms with Crippen LogP contribution in [0.1, 0.15) is 22.4 Å². The van der Waals surface area contributed by atoms with Crippen LogP contribution in [0.5, 0.6) is 0 Å². The third-order valence-corrected chi connectivity index (χ3v) is 6.29. The molecule has 0 amide bonds. The fourth-order valence-corrected chi connectivity index (χ4v) is 5.09. The Morgan fingerprint density at radius 1 is 1.33 bits per heavy atom. The van der Waals surface area contributed by atoms with Crippen LogP contribution in [0, 0.1) is 24.5 Å². The van der Waals surface area contributed by atoms with E-state index in [4.69, 9.17) is 0 Å². The molecule has 0 saturated carbocycles. The van der Waals surface area contributed by atoms with Crippen LogP contribution in [0.3, 0.4) is 0 Å². The molecule has 1 aromatic carbocycles. The van der Waals surface area contributed by atoms with Crippen LogP contribution in [0.15, 0.2) is 12.1 Å². The zero-order chi connectivity index (χ0) is 13.5. The van der Waals surface area contributed by atoms with E-state index in [0.29, 0.717) is 17.5 Å². The molecular formula is C12H13BrF2O2S. The van der Waals surface area contributed by atoms with E-state index < -0.39 is 26.3 Å². The van der Waals surface area contributed by atoms with Crippen molar-refractivity contribution in [1.29, 1.82) is 0 Å². The Labute approximate surface area is 113 Å². The van der Waals surface area contributed by atoms with Crippen LogP contribution < -0.4 is 0 Å². The van der Waals surface area contributed by atoms with E-state index in [1.165, 1.54) is 6.07 Å². The second-order valence-corrected chi connectivity index (χ2v) is 7.90. The number of alkyl halides is 1. The fraction of sp³-hybridized carbons (Fsp3) is 0.500. The van der Waals surface area contributed by atoms with Crippen molar-refractivity contribution in [3.63, 3.8) is 0 Å². The van der Waals surface area contributed by atoms with Crippen molar-refractivity contribution < 1.29 is 17.2 Å². The predicted molar refractivity (Wildman–Crippen MR) is 69.5 cm³/mol. The molecule has 6 heteroatoms. The van der Waals surface area contributed by atoms with Gasteiger partial charge in [-0.25, -0.2) is 17.2 Å². The first-order valence-electron chi connectivity index (χ1n) is 5.60. The smallest absolute Gasteiger partial charge is 0.150 e. The molecular weight excluding hydrogens is 326 g/mol. The van der Waals surface area contributed by atoms with Crippen LogP contribution in [0.2, 0.25) is 0 Å². The lowest BCUT2D eigenvalue weighted by atomic mass is 9.97. The number of hydrogen-bond acceptors (Lipinski definition) is 2. The minimum Gasteiger partial charge on any atom is -0.229 e. The summed E-state index contributed by atoms with van der Waals surface area (Å²) in [7, 11) is -3.01. The van der Waals surface area contributed by atoms with Crippen LogP contribution in [-0.2, 0) is 9.84 Å². The first-order chi connectivity index (χ1) is 8.30. The molecule has 0 radical (unpaired) electrons. The van der Waals surface area contributed by atoms with Gasteiger partial charge in [-0.2, -0.15) is 0 Å². The summed E-state index contributed by atoms with van der Waals surface area (Å²) in [6.07, 6.45) is 0.508. The molecule has 0 aliphatic carbocycles. The summed E-state index contributed by atoms with van der Waals surface area (Å²) in [6.45, 7) is 1.56. The molecule has 2 atom stereocenters. The van der Waals surface area contributed by atoms with Crippen molar-refractivity contribution in [3.05, 3.63) is 34.9 Å².